The van der Waals surface area contributed by atoms with Crippen LogP contribution in [0.3, 0.4) is 0 Å². The molecule has 0 saturated heterocycles. The minimum atomic E-state index is -0.200. The normalized spacial score (nSPS) is 13.0. The van der Waals surface area contributed by atoms with Gasteiger partial charge in [-0.15, -0.1) is 0 Å². The largest absolute Gasteiger partial charge is 0.325 e. The molecule has 0 saturated carbocycles. The van der Waals surface area contributed by atoms with Gasteiger partial charge in [0, 0.05) is 25.4 Å². The third-order valence-corrected chi connectivity index (χ3v) is 4.72. The number of anilines is 1. The maximum Gasteiger partial charge on any atom is 0.228 e. The number of hydrogen-bond acceptors (Lipinski definition) is 2. The molecule has 1 aliphatic heterocycles. The van der Waals surface area contributed by atoms with Crippen molar-refractivity contribution in [3.8, 4) is 0 Å². The molecule has 0 bridgehead atoms. The molecule has 0 spiro atoms. The van der Waals surface area contributed by atoms with Gasteiger partial charge in [-0.1, -0.05) is 23.2 Å². The summed E-state index contributed by atoms with van der Waals surface area (Å²) in [7, 11) is 0. The van der Waals surface area contributed by atoms with Gasteiger partial charge in [0.25, 0.3) is 0 Å². The number of rotatable bonds is 2. The number of amides is 1. The molecule has 21 heavy (non-hydrogen) atoms. The van der Waals surface area contributed by atoms with Gasteiger partial charge in [0.05, 0.1) is 11.4 Å². The Kier molecular flexibility index (Phi) is 3.94. The average Bonchev–Trinajstić information content (AvgIpc) is 2.79. The van der Waals surface area contributed by atoms with Gasteiger partial charge < -0.3 is 5.32 Å². The minimum absolute atomic E-state index is 0.0944. The lowest BCUT2D eigenvalue weighted by Gasteiger charge is -2.08. The summed E-state index contributed by atoms with van der Waals surface area (Å²) >= 11 is 14.2. The van der Waals surface area contributed by atoms with Crippen molar-refractivity contribution in [2.24, 2.45) is 0 Å². The van der Waals surface area contributed by atoms with Crippen LogP contribution in [0.2, 0.25) is 10.0 Å². The average molecular weight is 432 g/mol. The van der Waals surface area contributed by atoms with E-state index in [-0.39, 0.29) is 18.1 Å². The highest BCUT2D eigenvalue weighted by molar-refractivity contribution is 14.1. The van der Waals surface area contributed by atoms with Crippen molar-refractivity contribution in [1.82, 2.24) is 0 Å². The molecule has 0 aromatic heterocycles. The molecule has 0 radical (unpaired) electrons. The van der Waals surface area contributed by atoms with Crippen molar-refractivity contribution < 1.29 is 9.59 Å². The predicted octanol–water partition coefficient (Wildman–Crippen LogP) is 4.32. The Bertz CT molecular complexity index is 789. The monoisotopic (exact) mass is 431 g/mol. The summed E-state index contributed by atoms with van der Waals surface area (Å²) in [6, 6.07) is 8.43. The summed E-state index contributed by atoms with van der Waals surface area (Å²) < 4.78 is 0.799. The summed E-state index contributed by atoms with van der Waals surface area (Å²) in [6.07, 6.45) is 0.263. The van der Waals surface area contributed by atoms with E-state index in [4.69, 9.17) is 23.2 Å². The third kappa shape index (κ3) is 2.80. The van der Waals surface area contributed by atoms with Crippen molar-refractivity contribution in [2.75, 3.05) is 5.32 Å². The van der Waals surface area contributed by atoms with E-state index in [1.807, 2.05) is 0 Å². The molecule has 0 fully saturated rings. The molecule has 0 unspecified atom stereocenters. The van der Waals surface area contributed by atoms with Crippen molar-refractivity contribution in [3.63, 3.8) is 0 Å². The maximum absolute atomic E-state index is 12.7. The Hall–Kier alpha value is -1.11. The predicted molar refractivity (Wildman–Crippen MR) is 91.4 cm³/mol. The summed E-state index contributed by atoms with van der Waals surface area (Å²) in [5.74, 6) is -0.294. The van der Waals surface area contributed by atoms with Gasteiger partial charge in [-0.3, -0.25) is 9.59 Å². The van der Waals surface area contributed by atoms with Crippen LogP contribution in [0.5, 0.6) is 0 Å². The Morgan fingerprint density at radius 1 is 1.14 bits per heavy atom. The van der Waals surface area contributed by atoms with Gasteiger partial charge in [0.1, 0.15) is 0 Å². The number of fused-ring (bicyclic) bond motifs is 1. The summed E-state index contributed by atoms with van der Waals surface area (Å²) in [4.78, 5) is 24.1. The molecular formula is C15H8Cl2INO2. The quantitative estimate of drug-likeness (QED) is 0.568. The molecule has 6 heteroatoms. The first-order chi connectivity index (χ1) is 9.95. The van der Waals surface area contributed by atoms with Gasteiger partial charge >= 0.3 is 0 Å². The second-order valence-electron chi connectivity index (χ2n) is 4.67. The lowest BCUT2D eigenvalue weighted by Crippen LogP contribution is -2.05. The highest BCUT2D eigenvalue weighted by Crippen LogP contribution is 2.32. The molecule has 2 aromatic rings. The smallest absolute Gasteiger partial charge is 0.228 e. The summed E-state index contributed by atoms with van der Waals surface area (Å²) in [5, 5.41) is 3.52. The summed E-state index contributed by atoms with van der Waals surface area (Å²) in [6.45, 7) is 0. The molecule has 106 valence electrons. The standard InChI is InChI=1S/C15H8Cl2INO2/c16-8-1-2-12(18)10(5-8)15(21)9-3-7-4-14(20)19-13(7)6-11(9)17/h1-3,5-6H,4H2,(H,19,20). The van der Waals surface area contributed by atoms with Crippen LogP contribution in [0.25, 0.3) is 0 Å². The number of nitrogens with one attached hydrogen (secondary N) is 1. The Balaban J connectivity index is 2.09. The van der Waals surface area contributed by atoms with Crippen molar-refractivity contribution >= 4 is 63.2 Å². The van der Waals surface area contributed by atoms with E-state index >= 15 is 0 Å². The fraction of sp³-hybridized carbons (Fsp3) is 0.0667. The van der Waals surface area contributed by atoms with Crippen molar-refractivity contribution in [3.05, 3.63) is 60.6 Å². The lowest BCUT2D eigenvalue weighted by atomic mass is 10.00. The van der Waals surface area contributed by atoms with E-state index in [0.717, 1.165) is 9.13 Å². The molecule has 2 aromatic carbocycles. The number of hydrogen-bond donors (Lipinski definition) is 1. The molecule has 1 heterocycles. The zero-order valence-electron chi connectivity index (χ0n) is 10.5. The SMILES string of the molecule is O=C1Cc2cc(C(=O)c3cc(Cl)ccc3I)c(Cl)cc2N1. The Labute approximate surface area is 144 Å². The number of benzene rings is 2. The number of halogens is 3. The second kappa shape index (κ2) is 5.59. The molecule has 3 nitrogen and oxygen atoms in total. The third-order valence-electron chi connectivity index (χ3n) is 3.24. The van der Waals surface area contributed by atoms with E-state index in [2.05, 4.69) is 27.9 Å². The van der Waals surface area contributed by atoms with Gasteiger partial charge in [0.2, 0.25) is 5.91 Å². The van der Waals surface area contributed by atoms with Crippen LogP contribution >= 0.6 is 45.8 Å². The van der Waals surface area contributed by atoms with Crippen LogP contribution in [-0.4, -0.2) is 11.7 Å². The van der Waals surface area contributed by atoms with Crippen LogP contribution < -0.4 is 5.32 Å². The molecule has 1 amide bonds. The van der Waals surface area contributed by atoms with E-state index in [0.29, 0.717) is 26.9 Å². The maximum atomic E-state index is 12.7. The zero-order valence-corrected chi connectivity index (χ0v) is 14.2. The highest BCUT2D eigenvalue weighted by Gasteiger charge is 2.23. The van der Waals surface area contributed by atoms with E-state index < -0.39 is 0 Å². The van der Waals surface area contributed by atoms with E-state index in [1.54, 1.807) is 30.3 Å². The second-order valence-corrected chi connectivity index (χ2v) is 6.67. The lowest BCUT2D eigenvalue weighted by molar-refractivity contribution is -0.115. The Morgan fingerprint density at radius 2 is 1.90 bits per heavy atom. The van der Waals surface area contributed by atoms with Gasteiger partial charge in [0.15, 0.2) is 5.78 Å². The van der Waals surface area contributed by atoms with Gasteiger partial charge in [-0.2, -0.15) is 0 Å². The molecule has 0 atom stereocenters. The first-order valence-electron chi connectivity index (χ1n) is 6.08. The van der Waals surface area contributed by atoms with E-state index in [9.17, 15) is 9.59 Å². The van der Waals surface area contributed by atoms with Crippen LogP contribution in [0, 0.1) is 3.57 Å². The number of carbonyl (C=O) groups excluding carboxylic acids is 2. The number of carbonyl (C=O) groups is 2. The van der Waals surface area contributed by atoms with Crippen LogP contribution in [-0.2, 0) is 11.2 Å². The van der Waals surface area contributed by atoms with Crippen LogP contribution in [0.4, 0.5) is 5.69 Å². The summed E-state index contributed by atoms with van der Waals surface area (Å²) in [5.41, 5.74) is 2.33. The molecule has 1 N–H and O–H groups in total. The highest BCUT2D eigenvalue weighted by atomic mass is 127. The van der Waals surface area contributed by atoms with Crippen molar-refractivity contribution in [1.29, 1.82) is 0 Å². The topological polar surface area (TPSA) is 46.2 Å². The first kappa shape index (κ1) is 14.8. The van der Waals surface area contributed by atoms with Crippen LogP contribution in [0.1, 0.15) is 21.5 Å². The van der Waals surface area contributed by atoms with Crippen LogP contribution in [0.15, 0.2) is 30.3 Å². The minimum Gasteiger partial charge on any atom is -0.325 e. The van der Waals surface area contributed by atoms with Gasteiger partial charge in [-0.05, 0) is 58.5 Å². The Morgan fingerprint density at radius 3 is 2.67 bits per heavy atom. The van der Waals surface area contributed by atoms with Gasteiger partial charge in [-0.25, -0.2) is 0 Å². The van der Waals surface area contributed by atoms with E-state index in [1.165, 1.54) is 0 Å². The fourth-order valence-electron chi connectivity index (χ4n) is 2.24. The number of ketones is 1. The molecule has 3 rings (SSSR count). The fourth-order valence-corrected chi connectivity index (χ4v) is 3.24. The molecule has 1 aliphatic rings. The molecule has 0 aliphatic carbocycles. The zero-order chi connectivity index (χ0) is 15.1. The van der Waals surface area contributed by atoms with Crippen molar-refractivity contribution in [2.45, 2.75) is 6.42 Å². The first-order valence-corrected chi connectivity index (χ1v) is 7.91. The molecular weight excluding hydrogens is 424 g/mol.